The van der Waals surface area contributed by atoms with Gasteiger partial charge in [-0.1, -0.05) is 11.6 Å². The van der Waals surface area contributed by atoms with Gasteiger partial charge in [0, 0.05) is 6.54 Å². The van der Waals surface area contributed by atoms with E-state index in [4.69, 9.17) is 21.8 Å². The van der Waals surface area contributed by atoms with E-state index in [1.54, 1.807) is 0 Å². The maximum absolute atomic E-state index is 12.1. The van der Waals surface area contributed by atoms with Crippen LogP contribution >= 0.6 is 11.6 Å². The molecule has 1 fully saturated rings. The SMILES string of the molecule is O=C(O)c1ccc(Cl)c(S(=O)(=O)NCC2CC(O)C2)c1. The molecule has 110 valence electrons. The highest BCUT2D eigenvalue weighted by Crippen LogP contribution is 2.27. The van der Waals surface area contributed by atoms with Gasteiger partial charge in [-0.2, -0.15) is 0 Å². The largest absolute Gasteiger partial charge is 0.478 e. The molecule has 1 aromatic rings. The zero-order valence-electron chi connectivity index (χ0n) is 10.4. The van der Waals surface area contributed by atoms with Crippen molar-refractivity contribution in [3.8, 4) is 0 Å². The number of rotatable bonds is 5. The van der Waals surface area contributed by atoms with Gasteiger partial charge in [0.25, 0.3) is 0 Å². The first-order valence-corrected chi connectivity index (χ1v) is 7.86. The summed E-state index contributed by atoms with van der Waals surface area (Å²) in [6, 6.07) is 3.52. The zero-order valence-corrected chi connectivity index (χ0v) is 12.0. The van der Waals surface area contributed by atoms with E-state index in [-0.39, 0.29) is 34.0 Å². The van der Waals surface area contributed by atoms with Gasteiger partial charge in [-0.15, -0.1) is 0 Å². The number of aromatic carboxylic acids is 1. The molecule has 1 aliphatic rings. The molecule has 1 aromatic carbocycles. The maximum Gasteiger partial charge on any atom is 0.335 e. The standard InChI is InChI=1S/C12H14ClNO5S/c13-10-2-1-8(12(16)17)5-11(10)20(18,19)14-6-7-3-9(15)4-7/h1-2,5,7,9,14-15H,3-4,6H2,(H,16,17). The Morgan fingerprint density at radius 2 is 2.05 bits per heavy atom. The van der Waals surface area contributed by atoms with Crippen molar-refractivity contribution in [1.82, 2.24) is 4.72 Å². The number of carboxylic acid groups (broad SMARTS) is 1. The number of aliphatic hydroxyl groups is 1. The van der Waals surface area contributed by atoms with Crippen molar-refractivity contribution >= 4 is 27.6 Å². The Morgan fingerprint density at radius 1 is 1.40 bits per heavy atom. The number of nitrogens with one attached hydrogen (secondary N) is 1. The molecule has 3 N–H and O–H groups in total. The van der Waals surface area contributed by atoms with Crippen LogP contribution in [0.15, 0.2) is 23.1 Å². The second-order valence-corrected chi connectivity index (χ2v) is 6.94. The summed E-state index contributed by atoms with van der Waals surface area (Å²) in [5.74, 6) is -1.12. The molecule has 6 nitrogen and oxygen atoms in total. The summed E-state index contributed by atoms with van der Waals surface area (Å²) < 4.78 is 26.6. The quantitative estimate of drug-likeness (QED) is 0.753. The summed E-state index contributed by atoms with van der Waals surface area (Å²) in [6.07, 6.45) is 0.764. The van der Waals surface area contributed by atoms with Crippen LogP contribution in [0, 0.1) is 5.92 Å². The van der Waals surface area contributed by atoms with Crippen molar-refractivity contribution < 1.29 is 23.4 Å². The number of aliphatic hydroxyl groups excluding tert-OH is 1. The molecule has 0 amide bonds. The van der Waals surface area contributed by atoms with Gasteiger partial charge >= 0.3 is 5.97 Å². The van der Waals surface area contributed by atoms with Crippen molar-refractivity contribution in [2.24, 2.45) is 5.92 Å². The fourth-order valence-electron chi connectivity index (χ4n) is 2.01. The number of carboxylic acids is 1. The van der Waals surface area contributed by atoms with E-state index in [1.807, 2.05) is 0 Å². The third kappa shape index (κ3) is 3.29. The average Bonchev–Trinajstić information content (AvgIpc) is 2.33. The summed E-state index contributed by atoms with van der Waals surface area (Å²) in [4.78, 5) is 10.6. The highest BCUT2D eigenvalue weighted by Gasteiger charge is 2.29. The van der Waals surface area contributed by atoms with Crippen molar-refractivity contribution in [3.63, 3.8) is 0 Å². The molecule has 20 heavy (non-hydrogen) atoms. The predicted molar refractivity (Wildman–Crippen MR) is 72.3 cm³/mol. The Morgan fingerprint density at radius 3 is 2.60 bits per heavy atom. The van der Waals surface area contributed by atoms with Crippen molar-refractivity contribution in [2.75, 3.05) is 6.54 Å². The first-order chi connectivity index (χ1) is 9.29. The van der Waals surface area contributed by atoms with Crippen LogP contribution in [-0.4, -0.2) is 37.2 Å². The molecule has 0 bridgehead atoms. The number of halogens is 1. The molecule has 0 spiro atoms. The van der Waals surface area contributed by atoms with E-state index in [0.717, 1.165) is 6.07 Å². The number of hydrogen-bond acceptors (Lipinski definition) is 4. The highest BCUT2D eigenvalue weighted by molar-refractivity contribution is 7.89. The summed E-state index contributed by atoms with van der Waals surface area (Å²) >= 11 is 5.82. The summed E-state index contributed by atoms with van der Waals surface area (Å²) in [5.41, 5.74) is -0.145. The first-order valence-electron chi connectivity index (χ1n) is 6.00. The molecule has 1 saturated carbocycles. The van der Waals surface area contributed by atoms with Crippen molar-refractivity contribution in [2.45, 2.75) is 23.8 Å². The van der Waals surface area contributed by atoms with Crippen LogP contribution in [-0.2, 0) is 10.0 Å². The minimum Gasteiger partial charge on any atom is -0.478 e. The van der Waals surface area contributed by atoms with E-state index in [1.165, 1.54) is 12.1 Å². The minimum atomic E-state index is -3.86. The normalized spacial score (nSPS) is 22.3. The molecule has 0 atom stereocenters. The zero-order chi connectivity index (χ0) is 14.9. The van der Waals surface area contributed by atoms with Gasteiger partial charge in [-0.3, -0.25) is 0 Å². The molecular weight excluding hydrogens is 306 g/mol. The van der Waals surface area contributed by atoms with Crippen LogP contribution in [0.1, 0.15) is 23.2 Å². The van der Waals surface area contributed by atoms with Crippen LogP contribution in [0.4, 0.5) is 0 Å². The van der Waals surface area contributed by atoms with Gasteiger partial charge in [-0.25, -0.2) is 17.9 Å². The van der Waals surface area contributed by atoms with Crippen LogP contribution in [0.5, 0.6) is 0 Å². The number of benzene rings is 1. The number of sulfonamides is 1. The third-order valence-electron chi connectivity index (χ3n) is 3.24. The fourth-order valence-corrected chi connectivity index (χ4v) is 3.65. The molecule has 0 aliphatic heterocycles. The molecule has 0 saturated heterocycles. The number of carbonyl (C=O) groups is 1. The van der Waals surface area contributed by atoms with Crippen LogP contribution in [0.25, 0.3) is 0 Å². The summed E-state index contributed by atoms with van der Waals surface area (Å²) in [6.45, 7) is 0.201. The second kappa shape index (κ2) is 5.69. The van der Waals surface area contributed by atoms with Crippen LogP contribution in [0.3, 0.4) is 0 Å². The molecule has 0 radical (unpaired) electrons. The van der Waals surface area contributed by atoms with Crippen LogP contribution < -0.4 is 4.72 Å². The van der Waals surface area contributed by atoms with E-state index < -0.39 is 16.0 Å². The van der Waals surface area contributed by atoms with E-state index in [0.29, 0.717) is 12.8 Å². The molecule has 0 unspecified atom stereocenters. The average molecular weight is 320 g/mol. The lowest BCUT2D eigenvalue weighted by Gasteiger charge is -2.31. The first kappa shape index (κ1) is 15.2. The number of hydrogen-bond donors (Lipinski definition) is 3. The predicted octanol–water partition coefficient (Wildman–Crippen LogP) is 1.09. The molecule has 1 aliphatic carbocycles. The third-order valence-corrected chi connectivity index (χ3v) is 5.15. The van der Waals surface area contributed by atoms with E-state index >= 15 is 0 Å². The topological polar surface area (TPSA) is 104 Å². The van der Waals surface area contributed by atoms with Crippen molar-refractivity contribution in [1.29, 1.82) is 0 Å². The molecular formula is C12H14ClNO5S. The lowest BCUT2D eigenvalue weighted by Crippen LogP contribution is -2.38. The Balaban J connectivity index is 2.16. The second-order valence-electron chi connectivity index (χ2n) is 4.79. The van der Waals surface area contributed by atoms with Gasteiger partial charge in [0.1, 0.15) is 4.90 Å². The van der Waals surface area contributed by atoms with Gasteiger partial charge in [0.15, 0.2) is 0 Å². The lowest BCUT2D eigenvalue weighted by atomic mass is 9.83. The summed E-state index contributed by atoms with van der Waals surface area (Å²) in [7, 11) is -3.86. The van der Waals surface area contributed by atoms with E-state index in [2.05, 4.69) is 4.72 Å². The smallest absolute Gasteiger partial charge is 0.335 e. The van der Waals surface area contributed by atoms with Gasteiger partial charge in [0.2, 0.25) is 10.0 Å². The molecule has 0 heterocycles. The van der Waals surface area contributed by atoms with Crippen LogP contribution in [0.2, 0.25) is 5.02 Å². The maximum atomic E-state index is 12.1. The summed E-state index contributed by atoms with van der Waals surface area (Å²) in [5, 5.41) is 18.0. The van der Waals surface area contributed by atoms with E-state index in [9.17, 15) is 13.2 Å². The molecule has 0 aromatic heterocycles. The Bertz CT molecular complexity index is 625. The van der Waals surface area contributed by atoms with Gasteiger partial charge in [-0.05, 0) is 37.0 Å². The van der Waals surface area contributed by atoms with Crippen molar-refractivity contribution in [3.05, 3.63) is 28.8 Å². The highest BCUT2D eigenvalue weighted by atomic mass is 35.5. The van der Waals surface area contributed by atoms with Gasteiger partial charge < -0.3 is 10.2 Å². The Kier molecular flexibility index (Phi) is 4.33. The lowest BCUT2D eigenvalue weighted by molar-refractivity contribution is 0.0453. The van der Waals surface area contributed by atoms with Gasteiger partial charge in [0.05, 0.1) is 16.7 Å². The molecule has 2 rings (SSSR count). The monoisotopic (exact) mass is 319 g/mol. The minimum absolute atomic E-state index is 0.0313. The fraction of sp³-hybridized carbons (Fsp3) is 0.417. The Labute approximate surface area is 121 Å². The Hall–Kier alpha value is -1.15. The molecule has 8 heteroatoms.